The van der Waals surface area contributed by atoms with Gasteiger partial charge in [-0.1, -0.05) is 12.1 Å². The van der Waals surface area contributed by atoms with E-state index in [0.29, 0.717) is 18.0 Å². The lowest BCUT2D eigenvalue weighted by Crippen LogP contribution is -2.02. The average Bonchev–Trinajstić information content (AvgIpc) is 3.47. The van der Waals surface area contributed by atoms with Crippen molar-refractivity contribution in [3.05, 3.63) is 29.3 Å². The summed E-state index contributed by atoms with van der Waals surface area (Å²) in [5.74, 6) is 0.392. The Kier molecular flexibility index (Phi) is 9.47. The Morgan fingerprint density at radius 2 is 1.52 bits per heavy atom. The van der Waals surface area contributed by atoms with Crippen molar-refractivity contribution in [3.63, 3.8) is 0 Å². The molecule has 6 heteroatoms. The summed E-state index contributed by atoms with van der Waals surface area (Å²) in [7, 11) is 0. The van der Waals surface area contributed by atoms with Gasteiger partial charge in [0.1, 0.15) is 12.5 Å². The van der Waals surface area contributed by atoms with Crippen molar-refractivity contribution in [2.24, 2.45) is 0 Å². The number of hydrogen-bond donors (Lipinski definition) is 3. The van der Waals surface area contributed by atoms with Crippen molar-refractivity contribution in [2.75, 3.05) is 26.4 Å². The topological polar surface area (TPSA) is 103 Å². The lowest BCUT2D eigenvalue weighted by Gasteiger charge is -2.09. The number of carbonyl (C=O) groups excluding carboxylic acids is 1. The summed E-state index contributed by atoms with van der Waals surface area (Å²) in [5.41, 5.74) is 2.24. The summed E-state index contributed by atoms with van der Waals surface area (Å²) in [6.45, 7) is 4.07. The highest BCUT2D eigenvalue weighted by molar-refractivity contribution is 5.40. The molecular formula is C17H26O6. The Labute approximate surface area is 136 Å². The maximum absolute atomic E-state index is 9.80. The third-order valence-corrected chi connectivity index (χ3v) is 3.50. The normalized spacial score (nSPS) is 20.6. The van der Waals surface area contributed by atoms with Gasteiger partial charge in [0.05, 0.1) is 25.4 Å². The number of benzene rings is 1. The summed E-state index contributed by atoms with van der Waals surface area (Å²) in [6, 6.07) is 5.71. The number of phenolic OH excluding ortho intramolecular Hbond substituents is 1. The number of aliphatic hydroxyl groups is 2. The highest BCUT2D eigenvalue weighted by Crippen LogP contribution is 2.29. The van der Waals surface area contributed by atoms with E-state index in [4.69, 9.17) is 24.5 Å². The van der Waals surface area contributed by atoms with Crippen LogP contribution >= 0.6 is 0 Å². The molecule has 0 radical (unpaired) electrons. The van der Waals surface area contributed by atoms with Crippen LogP contribution in [0.2, 0.25) is 0 Å². The predicted octanol–water partition coefficient (Wildman–Crippen LogP) is 0.841. The second-order valence-electron chi connectivity index (χ2n) is 5.39. The molecule has 2 aliphatic heterocycles. The van der Waals surface area contributed by atoms with Crippen molar-refractivity contribution >= 4 is 6.79 Å². The van der Waals surface area contributed by atoms with Crippen LogP contribution in [0.1, 0.15) is 24.0 Å². The first-order valence-electron chi connectivity index (χ1n) is 7.78. The van der Waals surface area contributed by atoms with E-state index in [1.54, 1.807) is 6.07 Å². The molecule has 0 aromatic heterocycles. The van der Waals surface area contributed by atoms with Gasteiger partial charge in [-0.3, -0.25) is 0 Å². The first-order valence-corrected chi connectivity index (χ1v) is 7.78. The lowest BCUT2D eigenvalue weighted by atomic mass is 9.98. The summed E-state index contributed by atoms with van der Waals surface area (Å²) < 4.78 is 10.4. The zero-order valence-electron chi connectivity index (χ0n) is 13.3. The van der Waals surface area contributed by atoms with Crippen molar-refractivity contribution < 1.29 is 29.6 Å². The smallest absolute Gasteiger partial charge is 0.119 e. The summed E-state index contributed by atoms with van der Waals surface area (Å²) in [5, 5.41) is 26.0. The van der Waals surface area contributed by atoms with Crippen LogP contribution in [-0.2, 0) is 27.1 Å². The summed E-state index contributed by atoms with van der Waals surface area (Å²) in [4.78, 5) is 8.00. The molecule has 130 valence electrons. The SMILES string of the molecule is C=O.OCCCCO.Oc1cccc(CC2CO2)c1CC1CO1. The molecule has 2 fully saturated rings. The van der Waals surface area contributed by atoms with Gasteiger partial charge in [0.15, 0.2) is 0 Å². The van der Waals surface area contributed by atoms with Crippen LogP contribution in [0.5, 0.6) is 5.75 Å². The number of epoxide rings is 2. The lowest BCUT2D eigenvalue weighted by molar-refractivity contribution is -0.0979. The van der Waals surface area contributed by atoms with E-state index < -0.39 is 0 Å². The quantitative estimate of drug-likeness (QED) is 0.507. The van der Waals surface area contributed by atoms with Crippen LogP contribution in [0.3, 0.4) is 0 Å². The summed E-state index contributed by atoms with van der Waals surface area (Å²) in [6.07, 6.45) is 3.86. The molecule has 0 bridgehead atoms. The first-order chi connectivity index (χ1) is 11.2. The van der Waals surface area contributed by atoms with Crippen molar-refractivity contribution in [3.8, 4) is 5.75 Å². The Morgan fingerprint density at radius 3 is 2.00 bits per heavy atom. The van der Waals surface area contributed by atoms with Gasteiger partial charge in [-0.25, -0.2) is 0 Å². The van der Waals surface area contributed by atoms with Gasteiger partial charge in [-0.2, -0.15) is 0 Å². The third kappa shape index (κ3) is 8.08. The van der Waals surface area contributed by atoms with Crippen molar-refractivity contribution in [1.82, 2.24) is 0 Å². The number of phenols is 1. The molecule has 2 unspecified atom stereocenters. The van der Waals surface area contributed by atoms with E-state index in [9.17, 15) is 5.11 Å². The molecule has 2 heterocycles. The molecule has 23 heavy (non-hydrogen) atoms. The average molecular weight is 326 g/mol. The highest BCUT2D eigenvalue weighted by atomic mass is 16.6. The summed E-state index contributed by atoms with van der Waals surface area (Å²) >= 11 is 0. The Hall–Kier alpha value is -1.47. The monoisotopic (exact) mass is 326 g/mol. The third-order valence-electron chi connectivity index (χ3n) is 3.50. The highest BCUT2D eigenvalue weighted by Gasteiger charge is 2.28. The molecule has 0 saturated carbocycles. The Bertz CT molecular complexity index is 439. The molecule has 6 nitrogen and oxygen atoms in total. The maximum Gasteiger partial charge on any atom is 0.119 e. The van der Waals surface area contributed by atoms with Gasteiger partial charge in [0.25, 0.3) is 0 Å². The fourth-order valence-corrected chi connectivity index (χ4v) is 2.12. The molecule has 2 atom stereocenters. The molecule has 0 aliphatic carbocycles. The molecule has 1 aromatic carbocycles. The van der Waals surface area contributed by atoms with Crippen LogP contribution < -0.4 is 0 Å². The predicted molar refractivity (Wildman–Crippen MR) is 85.5 cm³/mol. The van der Waals surface area contributed by atoms with Gasteiger partial charge in [0.2, 0.25) is 0 Å². The number of unbranched alkanes of at least 4 members (excludes halogenated alkanes) is 1. The van der Waals surface area contributed by atoms with Gasteiger partial charge < -0.3 is 29.6 Å². The standard InChI is InChI=1S/C12H14O3.C4H10O2.CH2O/c13-12-3-1-2-8(4-9-6-14-9)11(12)5-10-7-15-10;5-3-1-2-4-6;1-2/h1-3,9-10,13H,4-7H2;5-6H,1-4H2;1H2. The van der Waals surface area contributed by atoms with Gasteiger partial charge in [-0.15, -0.1) is 0 Å². The van der Waals surface area contributed by atoms with E-state index in [-0.39, 0.29) is 13.2 Å². The number of rotatable bonds is 7. The molecule has 3 N–H and O–H groups in total. The zero-order chi connectivity index (χ0) is 17.1. The van der Waals surface area contributed by atoms with Crippen molar-refractivity contribution in [2.45, 2.75) is 37.9 Å². The second kappa shape index (κ2) is 11.1. The Morgan fingerprint density at radius 1 is 1.00 bits per heavy atom. The first kappa shape index (κ1) is 19.6. The molecule has 2 saturated heterocycles. The minimum absolute atomic E-state index is 0.195. The van der Waals surface area contributed by atoms with Gasteiger partial charge >= 0.3 is 0 Å². The minimum Gasteiger partial charge on any atom is -0.508 e. The van der Waals surface area contributed by atoms with Crippen LogP contribution in [0.15, 0.2) is 18.2 Å². The number of aromatic hydroxyl groups is 1. The molecule has 1 aromatic rings. The number of carbonyl (C=O) groups is 1. The van der Waals surface area contributed by atoms with Gasteiger partial charge in [-0.05, 0) is 30.0 Å². The van der Waals surface area contributed by atoms with Gasteiger partial charge in [0, 0.05) is 26.1 Å². The zero-order valence-corrected chi connectivity index (χ0v) is 13.3. The number of ether oxygens (including phenoxy) is 2. The van der Waals surface area contributed by atoms with Crippen LogP contribution in [0, 0.1) is 0 Å². The number of hydrogen-bond acceptors (Lipinski definition) is 6. The second-order valence-corrected chi connectivity index (χ2v) is 5.39. The molecule has 0 amide bonds. The van der Waals surface area contributed by atoms with Crippen LogP contribution in [-0.4, -0.2) is 60.7 Å². The molecule has 0 spiro atoms. The molecular weight excluding hydrogens is 300 g/mol. The van der Waals surface area contributed by atoms with E-state index in [1.807, 2.05) is 12.9 Å². The largest absolute Gasteiger partial charge is 0.508 e. The molecule has 3 rings (SSSR count). The Balaban J connectivity index is 0.000000284. The maximum atomic E-state index is 9.80. The molecule has 2 aliphatic rings. The minimum atomic E-state index is 0.195. The van der Waals surface area contributed by atoms with Crippen LogP contribution in [0.4, 0.5) is 0 Å². The fraction of sp³-hybridized carbons (Fsp3) is 0.588. The van der Waals surface area contributed by atoms with E-state index in [0.717, 1.165) is 44.5 Å². The van der Waals surface area contributed by atoms with Crippen LogP contribution in [0.25, 0.3) is 0 Å². The van der Waals surface area contributed by atoms with Crippen molar-refractivity contribution in [1.29, 1.82) is 0 Å². The fourth-order valence-electron chi connectivity index (χ4n) is 2.12. The van der Waals surface area contributed by atoms with E-state index >= 15 is 0 Å². The van der Waals surface area contributed by atoms with E-state index in [1.165, 1.54) is 5.56 Å². The van der Waals surface area contributed by atoms with E-state index in [2.05, 4.69) is 6.07 Å². The number of aliphatic hydroxyl groups excluding tert-OH is 2.